The van der Waals surface area contributed by atoms with Crippen LogP contribution in [-0.2, 0) is 0 Å². The molecule has 3 rings (SSSR count). The molecule has 2 aromatic carbocycles. The normalized spacial score (nSPS) is 20.3. The van der Waals surface area contributed by atoms with Gasteiger partial charge in [0.15, 0.2) is 0 Å². The molecular formula is C21H25FN2O2. The van der Waals surface area contributed by atoms with Crippen molar-refractivity contribution >= 4 is 5.91 Å². The Kier molecular flexibility index (Phi) is 5.01. The largest absolute Gasteiger partial charge is 0.508 e. The molecule has 0 unspecified atom stereocenters. The highest BCUT2D eigenvalue weighted by Gasteiger charge is 2.34. The highest BCUT2D eigenvalue weighted by molar-refractivity contribution is 5.94. The van der Waals surface area contributed by atoms with E-state index in [1.165, 1.54) is 12.1 Å². The lowest BCUT2D eigenvalue weighted by molar-refractivity contribution is 0.0730. The Morgan fingerprint density at radius 3 is 2.54 bits per heavy atom. The van der Waals surface area contributed by atoms with Gasteiger partial charge in [0.2, 0.25) is 0 Å². The van der Waals surface area contributed by atoms with Gasteiger partial charge >= 0.3 is 0 Å². The molecule has 0 saturated carbocycles. The van der Waals surface area contributed by atoms with Crippen molar-refractivity contribution in [2.75, 3.05) is 33.7 Å². The van der Waals surface area contributed by atoms with Crippen LogP contribution in [0.1, 0.15) is 23.7 Å². The number of nitrogens with zero attached hydrogens (tertiary/aromatic N) is 2. The number of likely N-dealkylation sites (tertiary alicyclic amines) is 1. The second kappa shape index (κ2) is 7.08. The summed E-state index contributed by atoms with van der Waals surface area (Å²) in [7, 11) is 3.94. The molecular weight excluding hydrogens is 331 g/mol. The summed E-state index contributed by atoms with van der Waals surface area (Å²) in [5, 5.41) is 9.32. The second-order valence-electron chi connectivity index (χ2n) is 7.70. The van der Waals surface area contributed by atoms with Crippen LogP contribution in [0.5, 0.6) is 5.75 Å². The maximum atomic E-state index is 14.0. The molecule has 1 fully saturated rings. The number of halogens is 1. The molecule has 1 heterocycles. The molecule has 26 heavy (non-hydrogen) atoms. The quantitative estimate of drug-likeness (QED) is 0.910. The molecule has 5 heteroatoms. The smallest absolute Gasteiger partial charge is 0.253 e. The van der Waals surface area contributed by atoms with Gasteiger partial charge in [-0.3, -0.25) is 4.79 Å². The lowest BCUT2D eigenvalue weighted by atomic mass is 9.89. The number of rotatable bonds is 4. The van der Waals surface area contributed by atoms with E-state index in [0.717, 1.165) is 25.6 Å². The van der Waals surface area contributed by atoms with Crippen molar-refractivity contribution in [1.82, 2.24) is 9.80 Å². The summed E-state index contributed by atoms with van der Waals surface area (Å²) in [6, 6.07) is 11.0. The van der Waals surface area contributed by atoms with Crippen molar-refractivity contribution in [3.8, 4) is 16.9 Å². The summed E-state index contributed by atoms with van der Waals surface area (Å²) in [5.41, 5.74) is 1.78. The lowest BCUT2D eigenvalue weighted by Gasteiger charge is -2.30. The summed E-state index contributed by atoms with van der Waals surface area (Å²) in [6.07, 6.45) is 1.08. The highest BCUT2D eigenvalue weighted by Crippen LogP contribution is 2.30. The van der Waals surface area contributed by atoms with Crippen LogP contribution in [0.15, 0.2) is 42.5 Å². The van der Waals surface area contributed by atoms with Gasteiger partial charge in [0, 0.05) is 37.3 Å². The number of phenolic OH excluding ortho intramolecular Hbond substituents is 1. The van der Waals surface area contributed by atoms with Gasteiger partial charge in [0.05, 0.1) is 0 Å². The zero-order chi connectivity index (χ0) is 18.9. The highest BCUT2D eigenvalue weighted by atomic mass is 19.1. The Morgan fingerprint density at radius 1 is 1.27 bits per heavy atom. The lowest BCUT2D eigenvalue weighted by Crippen LogP contribution is -2.38. The number of amides is 1. The summed E-state index contributed by atoms with van der Waals surface area (Å²) >= 11 is 0. The molecule has 1 atom stereocenters. The molecule has 1 N–H and O–H groups in total. The first kappa shape index (κ1) is 18.4. The summed E-state index contributed by atoms with van der Waals surface area (Å²) in [5.74, 6) is -0.622. The fourth-order valence-corrected chi connectivity index (χ4v) is 3.79. The summed E-state index contributed by atoms with van der Waals surface area (Å²) < 4.78 is 14.0. The minimum absolute atomic E-state index is 0.0292. The van der Waals surface area contributed by atoms with Gasteiger partial charge in [0.25, 0.3) is 5.91 Å². The number of phenols is 1. The molecule has 0 bridgehead atoms. The molecule has 138 valence electrons. The molecule has 2 aromatic rings. The average Bonchev–Trinajstić information content (AvgIpc) is 2.93. The number of hydrogen-bond acceptors (Lipinski definition) is 3. The first-order chi connectivity index (χ1) is 12.3. The van der Waals surface area contributed by atoms with Crippen molar-refractivity contribution in [2.24, 2.45) is 5.41 Å². The molecule has 1 saturated heterocycles. The maximum Gasteiger partial charge on any atom is 0.253 e. The van der Waals surface area contributed by atoms with Gasteiger partial charge in [-0.2, -0.15) is 0 Å². The number of carbonyl (C=O) groups excluding carboxylic acids is 1. The monoisotopic (exact) mass is 356 g/mol. The Balaban J connectivity index is 1.72. The van der Waals surface area contributed by atoms with Crippen LogP contribution in [0.4, 0.5) is 4.39 Å². The Morgan fingerprint density at radius 2 is 1.96 bits per heavy atom. The predicted octanol–water partition coefficient (Wildman–Crippen LogP) is 3.61. The zero-order valence-corrected chi connectivity index (χ0v) is 15.5. The topological polar surface area (TPSA) is 43.8 Å². The van der Waals surface area contributed by atoms with Gasteiger partial charge in [0.1, 0.15) is 11.6 Å². The van der Waals surface area contributed by atoms with Gasteiger partial charge in [-0.25, -0.2) is 4.39 Å². The molecule has 1 aliphatic rings. The average molecular weight is 356 g/mol. The third kappa shape index (κ3) is 3.88. The molecule has 0 radical (unpaired) electrons. The van der Waals surface area contributed by atoms with Crippen molar-refractivity contribution in [3.63, 3.8) is 0 Å². The third-order valence-corrected chi connectivity index (χ3v) is 5.11. The Labute approximate surface area is 153 Å². The third-order valence-electron chi connectivity index (χ3n) is 5.11. The van der Waals surface area contributed by atoms with E-state index in [-0.39, 0.29) is 17.1 Å². The Bertz CT molecular complexity index is 806. The SMILES string of the molecule is CN1CC[C@@](C)(CN(C)C(=O)c2ccc(-c3ccc(O)cc3F)cc2)C1. The van der Waals surface area contributed by atoms with Crippen LogP contribution < -0.4 is 0 Å². The molecule has 0 aromatic heterocycles. The van der Waals surface area contributed by atoms with E-state index in [1.807, 2.05) is 7.05 Å². The van der Waals surface area contributed by atoms with E-state index in [4.69, 9.17) is 0 Å². The van der Waals surface area contributed by atoms with E-state index >= 15 is 0 Å². The van der Waals surface area contributed by atoms with Crippen LogP contribution in [0, 0.1) is 11.2 Å². The van der Waals surface area contributed by atoms with Gasteiger partial charge in [-0.1, -0.05) is 19.1 Å². The van der Waals surface area contributed by atoms with Crippen molar-refractivity contribution in [2.45, 2.75) is 13.3 Å². The van der Waals surface area contributed by atoms with E-state index < -0.39 is 5.82 Å². The fourth-order valence-electron chi connectivity index (χ4n) is 3.79. The number of carbonyl (C=O) groups is 1. The van der Waals surface area contributed by atoms with Crippen molar-refractivity contribution < 1.29 is 14.3 Å². The predicted molar refractivity (Wildman–Crippen MR) is 101 cm³/mol. The number of aromatic hydroxyl groups is 1. The molecule has 1 amide bonds. The molecule has 4 nitrogen and oxygen atoms in total. The van der Waals surface area contributed by atoms with Crippen LogP contribution in [0.25, 0.3) is 11.1 Å². The van der Waals surface area contributed by atoms with Gasteiger partial charge in [-0.15, -0.1) is 0 Å². The zero-order valence-electron chi connectivity index (χ0n) is 15.5. The minimum Gasteiger partial charge on any atom is -0.508 e. The Hall–Kier alpha value is -2.40. The van der Waals surface area contributed by atoms with Gasteiger partial charge in [-0.05, 0) is 55.3 Å². The summed E-state index contributed by atoms with van der Waals surface area (Å²) in [6.45, 7) is 4.98. The molecule has 1 aliphatic heterocycles. The van der Waals surface area contributed by atoms with E-state index in [1.54, 1.807) is 29.2 Å². The van der Waals surface area contributed by atoms with Crippen LogP contribution in [0.3, 0.4) is 0 Å². The fraction of sp³-hybridized carbons (Fsp3) is 0.381. The standard InChI is InChI=1S/C21H25FN2O2/c1-21(10-11-23(2)13-21)14-24(3)20(26)16-6-4-15(5-7-16)18-9-8-17(25)12-19(18)22/h4-9,12,25H,10-11,13-14H2,1-3H3/t21-/m1/s1. The minimum atomic E-state index is -0.487. The van der Waals surface area contributed by atoms with Crippen molar-refractivity contribution in [3.05, 3.63) is 53.8 Å². The van der Waals surface area contributed by atoms with E-state index in [2.05, 4.69) is 18.9 Å². The number of benzene rings is 2. The molecule has 0 aliphatic carbocycles. The summed E-state index contributed by atoms with van der Waals surface area (Å²) in [4.78, 5) is 16.8. The van der Waals surface area contributed by atoms with Gasteiger partial charge < -0.3 is 14.9 Å². The second-order valence-corrected chi connectivity index (χ2v) is 7.70. The van der Waals surface area contributed by atoms with Crippen molar-refractivity contribution in [1.29, 1.82) is 0 Å². The van der Waals surface area contributed by atoms with E-state index in [9.17, 15) is 14.3 Å². The number of hydrogen-bond donors (Lipinski definition) is 1. The van der Waals surface area contributed by atoms with Crippen LogP contribution in [0.2, 0.25) is 0 Å². The van der Waals surface area contributed by atoms with Crippen LogP contribution in [-0.4, -0.2) is 54.5 Å². The van der Waals surface area contributed by atoms with Crippen LogP contribution >= 0.6 is 0 Å². The van der Waals surface area contributed by atoms with E-state index in [0.29, 0.717) is 23.2 Å². The maximum absolute atomic E-state index is 14.0. The first-order valence-corrected chi connectivity index (χ1v) is 8.80. The molecule has 0 spiro atoms. The first-order valence-electron chi connectivity index (χ1n) is 8.80.